The number of hydrogen-bond acceptors (Lipinski definition) is 5. The molecule has 0 aliphatic carbocycles. The largest absolute Gasteiger partial charge is 0.475 e. The van der Waals surface area contributed by atoms with Gasteiger partial charge >= 0.3 is 11.9 Å². The third-order valence-corrected chi connectivity index (χ3v) is 2.39. The van der Waals surface area contributed by atoms with E-state index in [1.165, 1.54) is 0 Å². The predicted molar refractivity (Wildman–Crippen MR) is 63.3 cm³/mol. The first-order valence-electron chi connectivity index (χ1n) is 5.68. The van der Waals surface area contributed by atoms with Gasteiger partial charge in [-0.3, -0.25) is 10.1 Å². The first kappa shape index (κ1) is 14.2. The van der Waals surface area contributed by atoms with E-state index in [9.17, 15) is 9.59 Å². The van der Waals surface area contributed by atoms with Gasteiger partial charge in [0, 0.05) is 5.56 Å². The summed E-state index contributed by atoms with van der Waals surface area (Å²) in [7, 11) is 0. The van der Waals surface area contributed by atoms with Crippen molar-refractivity contribution in [1.29, 1.82) is 0 Å². The van der Waals surface area contributed by atoms with Crippen LogP contribution in [0.2, 0.25) is 0 Å². The van der Waals surface area contributed by atoms with Crippen molar-refractivity contribution in [3.05, 3.63) is 23.2 Å². The van der Waals surface area contributed by atoms with Crippen LogP contribution in [0.5, 0.6) is 0 Å². The third-order valence-electron chi connectivity index (χ3n) is 2.39. The number of rotatable bonds is 6. The summed E-state index contributed by atoms with van der Waals surface area (Å²) in [4.78, 5) is 22.1. The minimum absolute atomic E-state index is 0.0735. The molecule has 0 bridgehead atoms. The van der Waals surface area contributed by atoms with Crippen LogP contribution in [0.1, 0.15) is 35.7 Å². The van der Waals surface area contributed by atoms with Crippen LogP contribution in [0.3, 0.4) is 0 Å². The number of aryl methyl sites for hydroxylation is 1. The molecule has 0 fully saturated rings. The zero-order chi connectivity index (χ0) is 13.7. The lowest BCUT2D eigenvalue weighted by molar-refractivity contribution is -0.145. The molecule has 0 radical (unpaired) electrons. The van der Waals surface area contributed by atoms with Crippen LogP contribution in [0.25, 0.3) is 0 Å². The smallest absolute Gasteiger partial charge is 0.372 e. The van der Waals surface area contributed by atoms with Gasteiger partial charge in [-0.2, -0.15) is 0 Å². The summed E-state index contributed by atoms with van der Waals surface area (Å²) in [6.07, 6.45) is 0. The van der Waals surface area contributed by atoms with Crippen LogP contribution < -0.4 is 5.32 Å². The van der Waals surface area contributed by atoms with E-state index < -0.39 is 12.0 Å². The summed E-state index contributed by atoms with van der Waals surface area (Å²) in [6, 6.07) is 1.16. The van der Waals surface area contributed by atoms with Gasteiger partial charge in [0.2, 0.25) is 5.76 Å². The second-order valence-electron chi connectivity index (χ2n) is 3.88. The van der Waals surface area contributed by atoms with E-state index in [0.717, 1.165) is 0 Å². The standard InChI is InChI=1S/C12H17NO5/c1-4-17-12(16)8(3)13-6-9-5-7(2)10(18-9)11(14)15/h5,8,13H,4,6H2,1-3H3,(H,14,15). The quantitative estimate of drug-likeness (QED) is 0.745. The third kappa shape index (κ3) is 3.59. The molecule has 1 aromatic rings. The second kappa shape index (κ2) is 6.20. The van der Waals surface area contributed by atoms with Gasteiger partial charge in [-0.25, -0.2) is 4.79 Å². The topological polar surface area (TPSA) is 88.8 Å². The minimum atomic E-state index is -1.10. The van der Waals surface area contributed by atoms with E-state index in [4.69, 9.17) is 14.3 Å². The monoisotopic (exact) mass is 255 g/mol. The summed E-state index contributed by atoms with van der Waals surface area (Å²) >= 11 is 0. The molecule has 100 valence electrons. The Balaban J connectivity index is 2.56. The number of carbonyl (C=O) groups excluding carboxylic acids is 1. The van der Waals surface area contributed by atoms with Crippen molar-refractivity contribution < 1.29 is 23.8 Å². The minimum Gasteiger partial charge on any atom is -0.475 e. The van der Waals surface area contributed by atoms with Crippen molar-refractivity contribution in [2.45, 2.75) is 33.4 Å². The number of ether oxygens (including phenoxy) is 1. The summed E-state index contributed by atoms with van der Waals surface area (Å²) in [5.41, 5.74) is 0.558. The maximum atomic E-state index is 11.3. The molecule has 6 heteroatoms. The molecular weight excluding hydrogens is 238 g/mol. The zero-order valence-electron chi connectivity index (χ0n) is 10.6. The summed E-state index contributed by atoms with van der Waals surface area (Å²) in [5, 5.41) is 11.7. The maximum Gasteiger partial charge on any atom is 0.372 e. The molecule has 1 heterocycles. The fourth-order valence-corrected chi connectivity index (χ4v) is 1.45. The fraction of sp³-hybridized carbons (Fsp3) is 0.500. The number of esters is 1. The van der Waals surface area contributed by atoms with Gasteiger partial charge in [0.15, 0.2) is 0 Å². The van der Waals surface area contributed by atoms with Crippen LogP contribution in [0, 0.1) is 6.92 Å². The number of hydrogen-bond donors (Lipinski definition) is 2. The second-order valence-corrected chi connectivity index (χ2v) is 3.88. The Morgan fingerprint density at radius 3 is 2.72 bits per heavy atom. The Hall–Kier alpha value is -1.82. The molecule has 1 unspecified atom stereocenters. The van der Waals surface area contributed by atoms with Gasteiger partial charge in [0.25, 0.3) is 0 Å². The fourth-order valence-electron chi connectivity index (χ4n) is 1.45. The van der Waals surface area contributed by atoms with Crippen molar-refractivity contribution in [1.82, 2.24) is 5.32 Å². The van der Waals surface area contributed by atoms with Gasteiger partial charge in [-0.15, -0.1) is 0 Å². The average molecular weight is 255 g/mol. The Labute approximate surface area is 105 Å². The van der Waals surface area contributed by atoms with Crippen molar-refractivity contribution in [3.63, 3.8) is 0 Å². The van der Waals surface area contributed by atoms with Crippen LogP contribution in [-0.4, -0.2) is 29.7 Å². The van der Waals surface area contributed by atoms with E-state index >= 15 is 0 Å². The van der Waals surface area contributed by atoms with E-state index in [1.54, 1.807) is 26.8 Å². The van der Waals surface area contributed by atoms with Crippen molar-refractivity contribution >= 4 is 11.9 Å². The molecule has 0 aromatic carbocycles. The van der Waals surface area contributed by atoms with Crippen LogP contribution in [0.15, 0.2) is 10.5 Å². The number of aromatic carboxylic acids is 1. The average Bonchev–Trinajstić information content (AvgIpc) is 2.68. The van der Waals surface area contributed by atoms with Crippen molar-refractivity contribution in [2.75, 3.05) is 6.61 Å². The lowest BCUT2D eigenvalue weighted by atomic mass is 10.2. The Bertz CT molecular complexity index is 438. The summed E-state index contributed by atoms with van der Waals surface area (Å²) in [6.45, 7) is 5.67. The molecular formula is C12H17NO5. The lowest BCUT2D eigenvalue weighted by Gasteiger charge is -2.10. The molecule has 1 rings (SSSR count). The molecule has 1 atom stereocenters. The summed E-state index contributed by atoms with van der Waals surface area (Å²) in [5.74, 6) is -1.05. The van der Waals surface area contributed by atoms with Crippen LogP contribution >= 0.6 is 0 Å². The van der Waals surface area contributed by atoms with Gasteiger partial charge in [-0.05, 0) is 26.8 Å². The maximum absolute atomic E-state index is 11.3. The Morgan fingerprint density at radius 1 is 1.56 bits per heavy atom. The molecule has 0 aliphatic rings. The van der Waals surface area contributed by atoms with Crippen molar-refractivity contribution in [3.8, 4) is 0 Å². The molecule has 0 saturated heterocycles. The summed E-state index contributed by atoms with van der Waals surface area (Å²) < 4.78 is 9.98. The molecule has 0 amide bonds. The molecule has 0 spiro atoms. The highest BCUT2D eigenvalue weighted by Crippen LogP contribution is 2.14. The molecule has 1 aromatic heterocycles. The molecule has 0 saturated carbocycles. The number of nitrogens with one attached hydrogen (secondary N) is 1. The van der Waals surface area contributed by atoms with Crippen molar-refractivity contribution in [2.24, 2.45) is 0 Å². The molecule has 18 heavy (non-hydrogen) atoms. The van der Waals surface area contributed by atoms with E-state index in [0.29, 0.717) is 17.9 Å². The Kier molecular flexibility index (Phi) is 4.91. The lowest BCUT2D eigenvalue weighted by Crippen LogP contribution is -2.34. The van der Waals surface area contributed by atoms with E-state index in [2.05, 4.69) is 5.32 Å². The van der Waals surface area contributed by atoms with Gasteiger partial charge in [0.05, 0.1) is 13.2 Å². The molecule has 0 aliphatic heterocycles. The number of furan rings is 1. The van der Waals surface area contributed by atoms with Gasteiger partial charge in [0.1, 0.15) is 11.8 Å². The first-order valence-corrected chi connectivity index (χ1v) is 5.68. The van der Waals surface area contributed by atoms with E-state index in [1.807, 2.05) is 0 Å². The SMILES string of the molecule is CCOC(=O)C(C)NCc1cc(C)c(C(=O)O)o1. The molecule has 6 nitrogen and oxygen atoms in total. The van der Waals surface area contributed by atoms with Gasteiger partial charge < -0.3 is 14.3 Å². The highest BCUT2D eigenvalue weighted by molar-refractivity contribution is 5.86. The number of carboxylic acid groups (broad SMARTS) is 1. The number of carboxylic acids is 1. The van der Waals surface area contributed by atoms with Crippen LogP contribution in [-0.2, 0) is 16.1 Å². The normalized spacial score (nSPS) is 12.2. The van der Waals surface area contributed by atoms with E-state index in [-0.39, 0.29) is 18.3 Å². The zero-order valence-corrected chi connectivity index (χ0v) is 10.6. The highest BCUT2D eigenvalue weighted by Gasteiger charge is 2.17. The number of carbonyl (C=O) groups is 2. The first-order chi connectivity index (χ1) is 8.45. The highest BCUT2D eigenvalue weighted by atomic mass is 16.5. The predicted octanol–water partition coefficient (Wildman–Crippen LogP) is 1.33. The van der Waals surface area contributed by atoms with Gasteiger partial charge in [-0.1, -0.05) is 0 Å². The molecule has 2 N–H and O–H groups in total. The Morgan fingerprint density at radius 2 is 2.22 bits per heavy atom. The van der Waals surface area contributed by atoms with Crippen LogP contribution in [0.4, 0.5) is 0 Å².